The van der Waals surface area contributed by atoms with Crippen LogP contribution in [-0.2, 0) is 0 Å². The number of aromatic nitrogens is 2. The van der Waals surface area contributed by atoms with E-state index in [1.807, 2.05) is 26.1 Å². The van der Waals surface area contributed by atoms with Crippen molar-refractivity contribution < 1.29 is 0 Å². The van der Waals surface area contributed by atoms with Crippen LogP contribution in [0.5, 0.6) is 0 Å². The van der Waals surface area contributed by atoms with Crippen molar-refractivity contribution in [3.8, 4) is 6.07 Å². The Kier molecular flexibility index (Phi) is 3.44. The molecule has 1 aliphatic rings. The van der Waals surface area contributed by atoms with E-state index in [9.17, 15) is 0 Å². The fourth-order valence-electron chi connectivity index (χ4n) is 2.19. The van der Waals surface area contributed by atoms with Gasteiger partial charge in [-0.2, -0.15) is 5.26 Å². The topological polar surface area (TPSA) is 73.6 Å². The van der Waals surface area contributed by atoms with Crippen LogP contribution >= 0.6 is 0 Å². The van der Waals surface area contributed by atoms with Gasteiger partial charge in [-0.15, -0.1) is 0 Å². The summed E-state index contributed by atoms with van der Waals surface area (Å²) in [5.74, 6) is 3.09. The average molecular weight is 279 g/mol. The van der Waals surface area contributed by atoms with Gasteiger partial charge in [0, 0.05) is 24.2 Å². The number of benzene rings is 1. The number of nitriles is 1. The molecule has 0 aliphatic heterocycles. The van der Waals surface area contributed by atoms with Crippen molar-refractivity contribution >= 4 is 17.3 Å². The fourth-order valence-corrected chi connectivity index (χ4v) is 2.19. The van der Waals surface area contributed by atoms with E-state index in [1.165, 1.54) is 12.8 Å². The van der Waals surface area contributed by atoms with Crippen molar-refractivity contribution in [1.82, 2.24) is 9.97 Å². The Bertz CT molecular complexity index is 696. The van der Waals surface area contributed by atoms with Gasteiger partial charge >= 0.3 is 0 Å². The van der Waals surface area contributed by atoms with Crippen LogP contribution in [0.4, 0.5) is 17.3 Å². The smallest absolute Gasteiger partial charge is 0.139 e. The van der Waals surface area contributed by atoms with Gasteiger partial charge in [0.05, 0.1) is 11.6 Å². The molecule has 1 aromatic heterocycles. The molecule has 1 heterocycles. The van der Waals surface area contributed by atoms with E-state index in [1.54, 1.807) is 12.1 Å². The predicted molar refractivity (Wildman–Crippen MR) is 82.7 cm³/mol. The number of nitrogens with zero attached hydrogens (tertiary/aromatic N) is 3. The summed E-state index contributed by atoms with van der Waals surface area (Å²) in [6, 6.07) is 9.47. The number of anilines is 3. The quantitative estimate of drug-likeness (QED) is 0.898. The van der Waals surface area contributed by atoms with Crippen LogP contribution in [0.1, 0.15) is 35.7 Å². The minimum atomic E-state index is 0.499. The first-order valence-electron chi connectivity index (χ1n) is 7.04. The van der Waals surface area contributed by atoms with Gasteiger partial charge in [0.1, 0.15) is 17.5 Å². The molecule has 1 aromatic carbocycles. The van der Waals surface area contributed by atoms with Gasteiger partial charge in [-0.25, -0.2) is 9.97 Å². The average Bonchev–Trinajstić information content (AvgIpc) is 3.35. The lowest BCUT2D eigenvalue weighted by Crippen LogP contribution is -2.06. The van der Waals surface area contributed by atoms with E-state index >= 15 is 0 Å². The lowest BCUT2D eigenvalue weighted by atomic mass is 10.2. The zero-order chi connectivity index (χ0) is 14.8. The Morgan fingerprint density at radius 3 is 2.38 bits per heavy atom. The summed E-state index contributed by atoms with van der Waals surface area (Å²) in [6.07, 6.45) is 2.34. The summed E-state index contributed by atoms with van der Waals surface area (Å²) in [6.45, 7) is 1.99. The summed E-state index contributed by atoms with van der Waals surface area (Å²) in [7, 11) is 1.87. The minimum Gasteiger partial charge on any atom is -0.373 e. The third-order valence-corrected chi connectivity index (χ3v) is 3.62. The highest BCUT2D eigenvalue weighted by atomic mass is 15.1. The van der Waals surface area contributed by atoms with Gasteiger partial charge in [-0.3, -0.25) is 0 Å². The Morgan fingerprint density at radius 2 is 1.81 bits per heavy atom. The number of rotatable bonds is 4. The Labute approximate surface area is 124 Å². The zero-order valence-corrected chi connectivity index (χ0v) is 12.1. The first kappa shape index (κ1) is 13.4. The number of nitrogens with one attached hydrogen (secondary N) is 2. The lowest BCUT2D eigenvalue weighted by Gasteiger charge is -2.13. The molecule has 21 heavy (non-hydrogen) atoms. The molecule has 0 amide bonds. The van der Waals surface area contributed by atoms with Crippen LogP contribution in [0, 0.1) is 18.3 Å². The number of hydrogen-bond donors (Lipinski definition) is 2. The third kappa shape index (κ3) is 2.79. The second kappa shape index (κ2) is 5.41. The first-order valence-corrected chi connectivity index (χ1v) is 7.04. The van der Waals surface area contributed by atoms with Crippen LogP contribution in [0.2, 0.25) is 0 Å². The molecule has 106 valence electrons. The normalized spacial score (nSPS) is 13.6. The van der Waals surface area contributed by atoms with Gasteiger partial charge in [-0.1, -0.05) is 0 Å². The van der Waals surface area contributed by atoms with E-state index in [0.717, 1.165) is 28.7 Å². The molecule has 0 radical (unpaired) electrons. The second-order valence-electron chi connectivity index (χ2n) is 5.24. The molecule has 0 bridgehead atoms. The Morgan fingerprint density at radius 1 is 1.14 bits per heavy atom. The van der Waals surface area contributed by atoms with E-state index in [0.29, 0.717) is 11.5 Å². The molecule has 3 rings (SSSR count). The maximum absolute atomic E-state index is 8.84. The standard InChI is InChI=1S/C16H17N5/c1-10-14(18-2)20-16(12-5-6-12)21-15(10)19-13-7-3-11(9-17)4-8-13/h3-4,7-8,12H,5-6H2,1-2H3,(H2,18,19,20,21). The Hall–Kier alpha value is -2.61. The highest BCUT2D eigenvalue weighted by molar-refractivity contribution is 5.65. The number of hydrogen-bond acceptors (Lipinski definition) is 5. The maximum Gasteiger partial charge on any atom is 0.139 e. The Balaban J connectivity index is 1.92. The highest BCUT2D eigenvalue weighted by Crippen LogP contribution is 2.39. The van der Waals surface area contributed by atoms with E-state index in [2.05, 4.69) is 26.7 Å². The second-order valence-corrected chi connectivity index (χ2v) is 5.24. The van der Waals surface area contributed by atoms with E-state index in [-0.39, 0.29) is 0 Å². The van der Waals surface area contributed by atoms with Crippen molar-refractivity contribution in [2.45, 2.75) is 25.7 Å². The molecule has 0 spiro atoms. The molecular weight excluding hydrogens is 262 g/mol. The third-order valence-electron chi connectivity index (χ3n) is 3.62. The monoisotopic (exact) mass is 279 g/mol. The fraction of sp³-hybridized carbons (Fsp3) is 0.312. The summed E-state index contributed by atoms with van der Waals surface area (Å²) >= 11 is 0. The molecule has 5 nitrogen and oxygen atoms in total. The van der Waals surface area contributed by atoms with Crippen LogP contribution in [0.3, 0.4) is 0 Å². The van der Waals surface area contributed by atoms with E-state index in [4.69, 9.17) is 5.26 Å². The van der Waals surface area contributed by atoms with Crippen LogP contribution in [0.25, 0.3) is 0 Å². The van der Waals surface area contributed by atoms with Crippen LogP contribution < -0.4 is 10.6 Å². The molecule has 2 N–H and O–H groups in total. The maximum atomic E-state index is 8.84. The summed E-state index contributed by atoms with van der Waals surface area (Å²) in [5.41, 5.74) is 2.56. The summed E-state index contributed by atoms with van der Waals surface area (Å²) < 4.78 is 0. The summed E-state index contributed by atoms with van der Waals surface area (Å²) in [5, 5.41) is 15.3. The molecule has 1 aliphatic carbocycles. The van der Waals surface area contributed by atoms with Gasteiger partial charge in [0.2, 0.25) is 0 Å². The first-order chi connectivity index (χ1) is 10.2. The predicted octanol–water partition coefficient (Wildman–Crippen LogP) is 3.32. The highest BCUT2D eigenvalue weighted by Gasteiger charge is 2.28. The van der Waals surface area contributed by atoms with Crippen LogP contribution in [-0.4, -0.2) is 17.0 Å². The van der Waals surface area contributed by atoms with Crippen LogP contribution in [0.15, 0.2) is 24.3 Å². The molecule has 1 saturated carbocycles. The van der Waals surface area contributed by atoms with Gasteiger partial charge in [0.25, 0.3) is 0 Å². The SMILES string of the molecule is CNc1nc(C2CC2)nc(Nc2ccc(C#N)cc2)c1C. The zero-order valence-electron chi connectivity index (χ0n) is 12.1. The van der Waals surface area contributed by atoms with Gasteiger partial charge in [0.15, 0.2) is 0 Å². The van der Waals surface area contributed by atoms with E-state index < -0.39 is 0 Å². The van der Waals surface area contributed by atoms with Crippen molar-refractivity contribution in [1.29, 1.82) is 5.26 Å². The molecule has 1 fully saturated rings. The lowest BCUT2D eigenvalue weighted by molar-refractivity contribution is 0.924. The molecule has 5 heteroatoms. The molecule has 0 saturated heterocycles. The van der Waals surface area contributed by atoms with Gasteiger partial charge in [-0.05, 0) is 44.0 Å². The molecule has 0 unspecified atom stereocenters. The molecule has 2 aromatic rings. The minimum absolute atomic E-state index is 0.499. The van der Waals surface area contributed by atoms with Crippen molar-refractivity contribution in [2.24, 2.45) is 0 Å². The van der Waals surface area contributed by atoms with Crippen molar-refractivity contribution in [3.63, 3.8) is 0 Å². The molecule has 0 atom stereocenters. The largest absolute Gasteiger partial charge is 0.373 e. The van der Waals surface area contributed by atoms with Crippen molar-refractivity contribution in [2.75, 3.05) is 17.7 Å². The molecular formula is C16H17N5. The summed E-state index contributed by atoms with van der Waals surface area (Å²) in [4.78, 5) is 9.23. The van der Waals surface area contributed by atoms with Crippen molar-refractivity contribution in [3.05, 3.63) is 41.2 Å². The van der Waals surface area contributed by atoms with Gasteiger partial charge < -0.3 is 10.6 Å².